The monoisotopic (exact) mass is 272 g/mol. The van der Waals surface area contributed by atoms with Crippen LogP contribution in [0.25, 0.3) is 11.4 Å². The molecule has 1 aromatic heterocycles. The minimum absolute atomic E-state index is 0.398. The van der Waals surface area contributed by atoms with Crippen LogP contribution in [-0.4, -0.2) is 21.2 Å². The number of hydrogen-bond donors (Lipinski definition) is 0. The summed E-state index contributed by atoms with van der Waals surface area (Å²) in [5.41, 5.74) is 1.58. The van der Waals surface area contributed by atoms with Gasteiger partial charge in [0.1, 0.15) is 11.4 Å². The lowest BCUT2D eigenvalue weighted by Gasteiger charge is -2.23. The fourth-order valence-electron chi connectivity index (χ4n) is 1.72. The summed E-state index contributed by atoms with van der Waals surface area (Å²) >= 11 is 0. The van der Waals surface area contributed by atoms with Crippen LogP contribution < -0.4 is 0 Å². The number of benzene rings is 1. The quantitative estimate of drug-likeness (QED) is 0.847. The molecule has 20 heavy (non-hydrogen) atoms. The Kier molecular flexibility index (Phi) is 3.93. The Morgan fingerprint density at radius 1 is 1.30 bits per heavy atom. The molecule has 4 heteroatoms. The zero-order chi connectivity index (χ0) is 14.8. The summed E-state index contributed by atoms with van der Waals surface area (Å²) in [6.45, 7) is 7.80. The Morgan fingerprint density at radius 2 is 1.95 bits per heavy atom. The standard InChI is InChI=1S/C16H20N2O2/c1-5-16(3,4)20-15(19)18-11-10-17-14(18)13-8-6-12(2)7-9-13/h6-11H,5H2,1-4H3. The van der Waals surface area contributed by atoms with Gasteiger partial charge in [-0.25, -0.2) is 14.3 Å². The summed E-state index contributed by atoms with van der Waals surface area (Å²) in [7, 11) is 0. The van der Waals surface area contributed by atoms with Crippen molar-refractivity contribution in [3.63, 3.8) is 0 Å². The largest absolute Gasteiger partial charge is 0.443 e. The predicted octanol–water partition coefficient (Wildman–Crippen LogP) is 4.03. The molecule has 0 bridgehead atoms. The van der Waals surface area contributed by atoms with Crippen LogP contribution in [0.15, 0.2) is 36.7 Å². The van der Waals surface area contributed by atoms with Crippen LogP contribution in [0.5, 0.6) is 0 Å². The fourth-order valence-corrected chi connectivity index (χ4v) is 1.72. The van der Waals surface area contributed by atoms with Gasteiger partial charge in [0.05, 0.1) is 0 Å². The summed E-state index contributed by atoms with van der Waals surface area (Å²) < 4.78 is 6.95. The van der Waals surface area contributed by atoms with Crippen molar-refractivity contribution in [3.8, 4) is 11.4 Å². The molecule has 1 aromatic carbocycles. The van der Waals surface area contributed by atoms with E-state index in [1.807, 2.05) is 52.0 Å². The van der Waals surface area contributed by atoms with Crippen molar-refractivity contribution < 1.29 is 9.53 Å². The molecule has 0 saturated carbocycles. The second-order valence-electron chi connectivity index (χ2n) is 5.47. The molecule has 0 spiro atoms. The number of rotatable bonds is 3. The van der Waals surface area contributed by atoms with Gasteiger partial charge in [-0.1, -0.05) is 36.8 Å². The van der Waals surface area contributed by atoms with Crippen LogP contribution in [0.1, 0.15) is 32.8 Å². The highest BCUT2D eigenvalue weighted by molar-refractivity contribution is 5.77. The van der Waals surface area contributed by atoms with Crippen LogP contribution in [-0.2, 0) is 4.74 Å². The van der Waals surface area contributed by atoms with Gasteiger partial charge in [-0.2, -0.15) is 0 Å². The lowest BCUT2D eigenvalue weighted by atomic mass is 10.1. The molecule has 0 unspecified atom stereocenters. The average molecular weight is 272 g/mol. The normalized spacial score (nSPS) is 11.4. The van der Waals surface area contributed by atoms with Crippen LogP contribution >= 0.6 is 0 Å². The van der Waals surface area contributed by atoms with E-state index in [0.717, 1.165) is 12.0 Å². The second kappa shape index (κ2) is 5.49. The predicted molar refractivity (Wildman–Crippen MR) is 78.6 cm³/mol. The van der Waals surface area contributed by atoms with Gasteiger partial charge in [0, 0.05) is 18.0 Å². The molecule has 2 aromatic rings. The van der Waals surface area contributed by atoms with E-state index < -0.39 is 11.7 Å². The molecule has 2 rings (SSSR count). The van der Waals surface area contributed by atoms with Crippen molar-refractivity contribution >= 4 is 6.09 Å². The highest BCUT2D eigenvalue weighted by Gasteiger charge is 2.23. The summed E-state index contributed by atoms with van der Waals surface area (Å²) in [4.78, 5) is 16.5. The van der Waals surface area contributed by atoms with Gasteiger partial charge in [-0.3, -0.25) is 0 Å². The van der Waals surface area contributed by atoms with E-state index in [1.54, 1.807) is 12.4 Å². The van der Waals surface area contributed by atoms with Crippen molar-refractivity contribution in [2.45, 2.75) is 39.7 Å². The Labute approximate surface area is 119 Å². The molecule has 0 aliphatic rings. The molecule has 0 fully saturated rings. The molecule has 0 N–H and O–H groups in total. The maximum Gasteiger partial charge on any atom is 0.420 e. The van der Waals surface area contributed by atoms with Gasteiger partial charge in [-0.05, 0) is 27.2 Å². The number of carbonyl (C=O) groups is 1. The Bertz CT molecular complexity index is 597. The van der Waals surface area contributed by atoms with E-state index in [-0.39, 0.29) is 0 Å². The van der Waals surface area contributed by atoms with Gasteiger partial charge in [0.15, 0.2) is 0 Å². The molecule has 4 nitrogen and oxygen atoms in total. The maximum atomic E-state index is 12.2. The van der Waals surface area contributed by atoms with Crippen molar-refractivity contribution in [2.24, 2.45) is 0 Å². The number of aryl methyl sites for hydroxylation is 1. The first kappa shape index (κ1) is 14.3. The van der Waals surface area contributed by atoms with E-state index in [0.29, 0.717) is 5.82 Å². The van der Waals surface area contributed by atoms with Crippen molar-refractivity contribution in [2.75, 3.05) is 0 Å². The zero-order valence-corrected chi connectivity index (χ0v) is 12.4. The van der Waals surface area contributed by atoms with E-state index in [2.05, 4.69) is 4.98 Å². The number of aromatic nitrogens is 2. The van der Waals surface area contributed by atoms with Crippen molar-refractivity contribution in [1.29, 1.82) is 0 Å². The molecule has 0 atom stereocenters. The number of hydrogen-bond acceptors (Lipinski definition) is 3. The third kappa shape index (κ3) is 3.07. The van der Waals surface area contributed by atoms with Crippen molar-refractivity contribution in [3.05, 3.63) is 42.2 Å². The van der Waals surface area contributed by atoms with Gasteiger partial charge in [-0.15, -0.1) is 0 Å². The van der Waals surface area contributed by atoms with Crippen LogP contribution in [0.4, 0.5) is 4.79 Å². The smallest absolute Gasteiger partial charge is 0.420 e. The first-order valence-electron chi connectivity index (χ1n) is 6.76. The van der Waals surface area contributed by atoms with E-state index in [1.165, 1.54) is 10.1 Å². The summed E-state index contributed by atoms with van der Waals surface area (Å²) in [6.07, 6.45) is 3.59. The third-order valence-corrected chi connectivity index (χ3v) is 3.36. The Balaban J connectivity index is 2.29. The van der Waals surface area contributed by atoms with Crippen LogP contribution in [0.2, 0.25) is 0 Å². The van der Waals surface area contributed by atoms with Crippen molar-refractivity contribution in [1.82, 2.24) is 9.55 Å². The topological polar surface area (TPSA) is 44.1 Å². The SMILES string of the molecule is CCC(C)(C)OC(=O)n1ccnc1-c1ccc(C)cc1. The minimum Gasteiger partial charge on any atom is -0.443 e. The molecule has 0 amide bonds. The van der Waals surface area contributed by atoms with E-state index in [4.69, 9.17) is 4.74 Å². The molecular weight excluding hydrogens is 252 g/mol. The fraction of sp³-hybridized carbons (Fsp3) is 0.375. The van der Waals surface area contributed by atoms with Crippen LogP contribution in [0.3, 0.4) is 0 Å². The number of carbonyl (C=O) groups excluding carboxylic acids is 1. The van der Waals surface area contributed by atoms with Gasteiger partial charge in [0.25, 0.3) is 0 Å². The lowest BCUT2D eigenvalue weighted by molar-refractivity contribution is 0.0374. The Morgan fingerprint density at radius 3 is 2.55 bits per heavy atom. The summed E-state index contributed by atoms with van der Waals surface area (Å²) in [5, 5.41) is 0. The molecule has 1 heterocycles. The summed E-state index contributed by atoms with van der Waals surface area (Å²) in [5.74, 6) is 0.599. The molecular formula is C16H20N2O2. The van der Waals surface area contributed by atoms with E-state index in [9.17, 15) is 4.79 Å². The third-order valence-electron chi connectivity index (χ3n) is 3.36. The molecule has 0 saturated heterocycles. The average Bonchev–Trinajstić information content (AvgIpc) is 2.88. The lowest BCUT2D eigenvalue weighted by Crippen LogP contribution is -2.29. The first-order valence-corrected chi connectivity index (χ1v) is 6.76. The zero-order valence-electron chi connectivity index (χ0n) is 12.4. The highest BCUT2D eigenvalue weighted by Crippen LogP contribution is 2.20. The molecule has 0 aliphatic carbocycles. The van der Waals surface area contributed by atoms with Crippen LogP contribution in [0, 0.1) is 6.92 Å². The second-order valence-corrected chi connectivity index (χ2v) is 5.47. The maximum absolute atomic E-state index is 12.2. The molecule has 0 aliphatic heterocycles. The summed E-state index contributed by atoms with van der Waals surface area (Å²) in [6, 6.07) is 7.89. The number of imidazole rings is 1. The van der Waals surface area contributed by atoms with E-state index >= 15 is 0 Å². The number of ether oxygens (including phenoxy) is 1. The van der Waals surface area contributed by atoms with Gasteiger partial charge in [0.2, 0.25) is 0 Å². The Hall–Kier alpha value is -2.10. The minimum atomic E-state index is -0.480. The molecule has 0 radical (unpaired) electrons. The molecule has 106 valence electrons. The first-order chi connectivity index (χ1) is 9.43. The van der Waals surface area contributed by atoms with Gasteiger partial charge >= 0.3 is 6.09 Å². The number of nitrogens with zero attached hydrogens (tertiary/aromatic N) is 2. The van der Waals surface area contributed by atoms with Gasteiger partial charge < -0.3 is 4.74 Å². The highest BCUT2D eigenvalue weighted by atomic mass is 16.6.